The van der Waals surface area contributed by atoms with Gasteiger partial charge in [-0.3, -0.25) is 4.79 Å². The molecule has 1 aliphatic heterocycles. The minimum Gasteiger partial charge on any atom is -0.579 e. The normalized spacial score (nSPS) is 17.2. The zero-order valence-electron chi connectivity index (χ0n) is 23.2. The average Bonchev–Trinajstić information content (AvgIpc) is 3.72. The molecule has 12 heteroatoms. The molecule has 0 radical (unpaired) electrons. The van der Waals surface area contributed by atoms with Gasteiger partial charge in [-0.15, -0.1) is 9.03 Å². The molecular weight excluding hydrogens is 566 g/mol. The summed E-state index contributed by atoms with van der Waals surface area (Å²) in [6.07, 6.45) is 3.80. The minimum absolute atomic E-state index is 0.0883. The number of rotatable bonds is 11. The van der Waals surface area contributed by atoms with E-state index in [1.165, 1.54) is 4.68 Å². The van der Waals surface area contributed by atoms with E-state index in [4.69, 9.17) is 21.1 Å². The first-order chi connectivity index (χ1) is 19.8. The zero-order chi connectivity index (χ0) is 29.0. The quantitative estimate of drug-likeness (QED) is 0.260. The Labute approximate surface area is 247 Å². The fraction of sp³-hybridized carbons (Fsp3) is 0.414. The fourth-order valence-corrected chi connectivity index (χ4v) is 5.69. The molecule has 2 aromatic carbocycles. The number of anilines is 1. The van der Waals surface area contributed by atoms with Crippen LogP contribution in [-0.2, 0) is 22.8 Å². The molecule has 10 nitrogen and oxygen atoms in total. The molecule has 0 amide bonds. The molecule has 5 rings (SSSR count). The molecule has 1 unspecified atom stereocenters. The lowest BCUT2D eigenvalue weighted by atomic mass is 10.1. The van der Waals surface area contributed by atoms with E-state index in [1.54, 1.807) is 55.6 Å². The summed E-state index contributed by atoms with van der Waals surface area (Å²) in [5.74, 6) is -0.113. The molecule has 1 aromatic heterocycles. The van der Waals surface area contributed by atoms with Crippen LogP contribution in [0, 0.1) is 5.41 Å². The van der Waals surface area contributed by atoms with Gasteiger partial charge in [0.15, 0.2) is 0 Å². The second-order valence-corrected chi connectivity index (χ2v) is 12.3. The number of nitrogens with one attached hydrogen (secondary N) is 1. The first-order valence-corrected chi connectivity index (χ1v) is 15.2. The van der Waals surface area contributed by atoms with Gasteiger partial charge in [0.2, 0.25) is 5.75 Å². The van der Waals surface area contributed by atoms with Crippen LogP contribution in [0.2, 0.25) is 5.02 Å². The maximum Gasteiger partial charge on any atom is 0.338 e. The molecule has 2 heterocycles. The van der Waals surface area contributed by atoms with Gasteiger partial charge in [0, 0.05) is 23.5 Å². The Balaban J connectivity index is 1.25. The largest absolute Gasteiger partial charge is 0.579 e. The molecule has 41 heavy (non-hydrogen) atoms. The number of esters is 1. The van der Waals surface area contributed by atoms with E-state index in [0.717, 1.165) is 18.4 Å². The van der Waals surface area contributed by atoms with Crippen LogP contribution in [0.25, 0.3) is 5.69 Å². The predicted octanol–water partition coefficient (Wildman–Crippen LogP) is 3.73. The Bertz CT molecular complexity index is 1440. The Kier molecular flexibility index (Phi) is 9.20. The molecule has 0 bridgehead atoms. The second kappa shape index (κ2) is 12.8. The number of aromatic nitrogens is 2. The fourth-order valence-electron chi connectivity index (χ4n) is 4.54. The molecule has 1 saturated heterocycles. The summed E-state index contributed by atoms with van der Waals surface area (Å²) in [7, 11) is 0. The van der Waals surface area contributed by atoms with Crippen LogP contribution in [0.3, 0.4) is 0 Å². The van der Waals surface area contributed by atoms with Crippen LogP contribution >= 0.6 is 11.6 Å². The molecule has 1 aliphatic carbocycles. The van der Waals surface area contributed by atoms with Gasteiger partial charge in [0.25, 0.3) is 0 Å². The van der Waals surface area contributed by atoms with Crippen molar-refractivity contribution in [2.24, 2.45) is 5.41 Å². The number of benzene rings is 2. The average molecular weight is 600 g/mol. The SMILES string of the molecule is CCOC(=O)c1cccc(CN[S+]([O-])N2CCN(c3cnn(-c4cccc(Cl)c4)c(=O)c3OCC3(C)CC3)CC2)c1. The van der Waals surface area contributed by atoms with Crippen LogP contribution in [0.15, 0.2) is 59.5 Å². The van der Waals surface area contributed by atoms with Crippen molar-refractivity contribution >= 4 is 34.8 Å². The van der Waals surface area contributed by atoms with Crippen molar-refractivity contribution in [1.29, 1.82) is 0 Å². The monoisotopic (exact) mass is 599 g/mol. The highest BCUT2D eigenvalue weighted by molar-refractivity contribution is 7.87. The van der Waals surface area contributed by atoms with Crippen molar-refractivity contribution in [2.45, 2.75) is 33.2 Å². The summed E-state index contributed by atoms with van der Waals surface area (Å²) in [4.78, 5) is 27.7. The Hall–Kier alpha value is -3.09. The lowest BCUT2D eigenvalue weighted by Gasteiger charge is -2.35. The van der Waals surface area contributed by atoms with Crippen LogP contribution in [-0.4, -0.2) is 64.0 Å². The van der Waals surface area contributed by atoms with E-state index in [-0.39, 0.29) is 22.7 Å². The number of nitrogens with zero attached hydrogens (tertiary/aromatic N) is 4. The summed E-state index contributed by atoms with van der Waals surface area (Å²) >= 11 is 4.73. The Morgan fingerprint density at radius 1 is 1.15 bits per heavy atom. The highest BCUT2D eigenvalue weighted by atomic mass is 35.5. The van der Waals surface area contributed by atoms with Gasteiger partial charge >= 0.3 is 11.5 Å². The number of hydrogen-bond acceptors (Lipinski definition) is 9. The maximum atomic E-state index is 13.6. The number of ether oxygens (including phenoxy) is 2. The Morgan fingerprint density at radius 2 is 1.90 bits per heavy atom. The van der Waals surface area contributed by atoms with E-state index in [0.29, 0.717) is 67.9 Å². The third-order valence-corrected chi connectivity index (χ3v) is 8.75. The van der Waals surface area contributed by atoms with E-state index < -0.39 is 11.5 Å². The standard InChI is InChI=1S/C29H34ClN5O5S/c1-3-39-28(37)22-7-4-6-21(16-22)18-32-41(38)34-14-12-33(13-15-34)25-19-31-35(24-9-5-8-23(30)17-24)27(36)26(25)40-20-29(2)10-11-29/h4-9,16-17,19,32H,3,10-15,18,20H2,1-2H3. The van der Waals surface area contributed by atoms with Crippen molar-refractivity contribution in [3.05, 3.63) is 81.2 Å². The van der Waals surface area contributed by atoms with Crippen LogP contribution in [0.1, 0.15) is 42.6 Å². The van der Waals surface area contributed by atoms with Crippen molar-refractivity contribution in [3.63, 3.8) is 0 Å². The van der Waals surface area contributed by atoms with Gasteiger partial charge in [-0.25, -0.2) is 4.79 Å². The zero-order valence-corrected chi connectivity index (χ0v) is 24.7. The smallest absolute Gasteiger partial charge is 0.338 e. The maximum absolute atomic E-state index is 13.6. The summed E-state index contributed by atoms with van der Waals surface area (Å²) in [5, 5.41) is 4.95. The minimum atomic E-state index is -1.43. The summed E-state index contributed by atoms with van der Waals surface area (Å²) in [6.45, 7) is 7.12. The molecule has 1 atom stereocenters. The molecule has 0 spiro atoms. The third-order valence-electron chi connectivity index (χ3n) is 7.29. The molecular formula is C29H34ClN5O5S. The lowest BCUT2D eigenvalue weighted by molar-refractivity contribution is 0.0526. The van der Waals surface area contributed by atoms with E-state index in [9.17, 15) is 14.1 Å². The van der Waals surface area contributed by atoms with Crippen molar-refractivity contribution in [1.82, 2.24) is 18.8 Å². The summed E-state index contributed by atoms with van der Waals surface area (Å²) in [5.41, 5.74) is 2.24. The molecule has 3 aromatic rings. The number of carbonyl (C=O) groups is 1. The van der Waals surface area contributed by atoms with Gasteiger partial charge in [-0.05, 0) is 55.7 Å². The van der Waals surface area contributed by atoms with Gasteiger partial charge in [-0.1, -0.05) is 36.7 Å². The molecule has 2 aliphatic rings. The van der Waals surface area contributed by atoms with Crippen molar-refractivity contribution in [2.75, 3.05) is 44.3 Å². The second-order valence-electron chi connectivity index (χ2n) is 10.6. The molecule has 1 N–H and O–H groups in total. The summed E-state index contributed by atoms with van der Waals surface area (Å²) in [6, 6.07) is 14.1. The van der Waals surface area contributed by atoms with Crippen LogP contribution in [0.5, 0.6) is 5.75 Å². The Morgan fingerprint density at radius 3 is 2.61 bits per heavy atom. The number of piperazine rings is 1. The first-order valence-electron chi connectivity index (χ1n) is 13.7. The number of hydrogen-bond donors (Lipinski definition) is 1. The lowest BCUT2D eigenvalue weighted by Crippen LogP contribution is -2.52. The van der Waals surface area contributed by atoms with E-state index >= 15 is 0 Å². The third kappa shape index (κ3) is 7.22. The van der Waals surface area contributed by atoms with Crippen molar-refractivity contribution in [3.8, 4) is 11.4 Å². The van der Waals surface area contributed by atoms with Gasteiger partial charge < -0.3 is 18.9 Å². The molecule has 2 fully saturated rings. The first kappa shape index (κ1) is 29.4. The number of halogens is 1. The van der Waals surface area contributed by atoms with Crippen LogP contribution in [0.4, 0.5) is 5.69 Å². The van der Waals surface area contributed by atoms with Gasteiger partial charge in [-0.2, -0.15) is 9.78 Å². The highest BCUT2D eigenvalue weighted by Gasteiger charge is 2.39. The topological polar surface area (TPSA) is 112 Å². The van der Waals surface area contributed by atoms with Crippen LogP contribution < -0.4 is 19.9 Å². The molecule has 1 saturated carbocycles. The van der Waals surface area contributed by atoms with Gasteiger partial charge in [0.1, 0.15) is 17.2 Å². The van der Waals surface area contributed by atoms with E-state index in [2.05, 4.69) is 21.6 Å². The van der Waals surface area contributed by atoms with Crippen molar-refractivity contribution < 1.29 is 18.8 Å². The molecule has 218 valence electrons. The highest BCUT2D eigenvalue weighted by Crippen LogP contribution is 2.45. The summed E-state index contributed by atoms with van der Waals surface area (Å²) < 4.78 is 30.5. The predicted molar refractivity (Wildman–Crippen MR) is 159 cm³/mol. The number of carbonyl (C=O) groups excluding carboxylic acids is 1. The van der Waals surface area contributed by atoms with E-state index in [1.807, 2.05) is 10.4 Å². The van der Waals surface area contributed by atoms with Gasteiger partial charge in [0.05, 0.1) is 50.3 Å².